The first kappa shape index (κ1) is 21.2. The molecular weight excluding hydrogens is 409 g/mol. The van der Waals surface area contributed by atoms with Crippen molar-refractivity contribution in [3.63, 3.8) is 0 Å². The van der Waals surface area contributed by atoms with Gasteiger partial charge >= 0.3 is 6.18 Å². The third kappa shape index (κ3) is 4.51. The number of rotatable bonds is 4. The number of hydrogen-bond donors (Lipinski definition) is 2. The fourth-order valence-corrected chi connectivity index (χ4v) is 3.74. The van der Waals surface area contributed by atoms with Crippen LogP contribution in [0, 0.1) is 6.92 Å². The average molecular weight is 432 g/mol. The summed E-state index contributed by atoms with van der Waals surface area (Å²) in [6, 6.07) is 8.54. The fourth-order valence-electron chi connectivity index (χ4n) is 3.74. The van der Waals surface area contributed by atoms with E-state index in [9.17, 15) is 18.3 Å². The molecule has 2 N–H and O–H groups in total. The van der Waals surface area contributed by atoms with Gasteiger partial charge in [0.15, 0.2) is 5.82 Å². The third-order valence-electron chi connectivity index (χ3n) is 5.44. The number of nitrogens with one attached hydrogen (secondary N) is 1. The van der Waals surface area contributed by atoms with Crippen LogP contribution in [-0.2, 0) is 10.9 Å². The number of aromatic nitrogens is 2. The number of benzene rings is 2. The standard InChI is InChI=1S/C22H23F3N4O2/c1-13(15-9-16(22(23,24)25)11-18(30)10-15)26-21-20-12-17(29-5-7-31-8-6-29)3-4-19(20)14(2)27-28-21/h3-4,9-13,30H,5-8H2,1-2H3,(H,26,28). The monoisotopic (exact) mass is 432 g/mol. The van der Waals surface area contributed by atoms with Crippen LogP contribution in [0.15, 0.2) is 36.4 Å². The highest BCUT2D eigenvalue weighted by Crippen LogP contribution is 2.35. The average Bonchev–Trinajstić information content (AvgIpc) is 2.75. The van der Waals surface area contributed by atoms with Gasteiger partial charge in [0, 0.05) is 29.5 Å². The first-order chi connectivity index (χ1) is 14.7. The molecule has 31 heavy (non-hydrogen) atoms. The predicted molar refractivity (Wildman–Crippen MR) is 112 cm³/mol. The topological polar surface area (TPSA) is 70.5 Å². The summed E-state index contributed by atoms with van der Waals surface area (Å²) in [6.45, 7) is 6.47. The summed E-state index contributed by atoms with van der Waals surface area (Å²) in [5.41, 5.74) is 1.19. The Morgan fingerprint density at radius 2 is 1.81 bits per heavy atom. The molecule has 164 valence electrons. The molecular formula is C22H23F3N4O2. The van der Waals surface area contributed by atoms with Crippen LogP contribution in [0.5, 0.6) is 5.75 Å². The lowest BCUT2D eigenvalue weighted by atomic mass is 10.0. The summed E-state index contributed by atoms with van der Waals surface area (Å²) in [5.74, 6) is 0.0352. The Morgan fingerprint density at radius 3 is 2.52 bits per heavy atom. The number of phenols is 1. The van der Waals surface area contributed by atoms with Crippen molar-refractivity contribution in [2.75, 3.05) is 36.5 Å². The van der Waals surface area contributed by atoms with Crippen LogP contribution < -0.4 is 10.2 Å². The van der Waals surface area contributed by atoms with E-state index in [2.05, 4.69) is 20.4 Å². The molecule has 6 nitrogen and oxygen atoms in total. The van der Waals surface area contributed by atoms with Crippen molar-refractivity contribution in [2.45, 2.75) is 26.1 Å². The number of aromatic hydroxyl groups is 1. The number of alkyl halides is 3. The summed E-state index contributed by atoms with van der Waals surface area (Å²) in [6.07, 6.45) is -4.55. The zero-order valence-electron chi connectivity index (χ0n) is 17.2. The van der Waals surface area contributed by atoms with Gasteiger partial charge in [0.25, 0.3) is 0 Å². The number of anilines is 2. The minimum Gasteiger partial charge on any atom is -0.508 e. The van der Waals surface area contributed by atoms with Gasteiger partial charge < -0.3 is 20.1 Å². The highest BCUT2D eigenvalue weighted by atomic mass is 19.4. The molecule has 1 atom stereocenters. The molecule has 3 aromatic rings. The molecule has 2 heterocycles. The van der Waals surface area contributed by atoms with Crippen LogP contribution in [0.25, 0.3) is 10.8 Å². The van der Waals surface area contributed by atoms with Gasteiger partial charge in [-0.2, -0.15) is 18.3 Å². The molecule has 1 saturated heterocycles. The summed E-state index contributed by atoms with van der Waals surface area (Å²) >= 11 is 0. The van der Waals surface area contributed by atoms with Gasteiger partial charge in [0.1, 0.15) is 5.75 Å². The summed E-state index contributed by atoms with van der Waals surface area (Å²) in [5, 5.41) is 23.2. The lowest BCUT2D eigenvalue weighted by Gasteiger charge is -2.29. The zero-order chi connectivity index (χ0) is 22.2. The second-order valence-electron chi connectivity index (χ2n) is 7.64. The van der Waals surface area contributed by atoms with Crippen LogP contribution in [0.2, 0.25) is 0 Å². The molecule has 0 bridgehead atoms. The van der Waals surface area contributed by atoms with E-state index in [0.29, 0.717) is 30.7 Å². The number of phenolic OH excluding ortho intramolecular Hbond substituents is 1. The number of hydrogen-bond acceptors (Lipinski definition) is 6. The molecule has 0 radical (unpaired) electrons. The Bertz CT molecular complexity index is 1100. The number of ether oxygens (including phenoxy) is 1. The van der Waals surface area contributed by atoms with Crippen LogP contribution >= 0.6 is 0 Å². The number of nitrogens with zero attached hydrogens (tertiary/aromatic N) is 3. The lowest BCUT2D eigenvalue weighted by molar-refractivity contribution is -0.137. The summed E-state index contributed by atoms with van der Waals surface area (Å²) < 4.78 is 44.9. The van der Waals surface area contributed by atoms with Crippen molar-refractivity contribution in [3.8, 4) is 5.75 Å². The van der Waals surface area contributed by atoms with Gasteiger partial charge in [-0.3, -0.25) is 0 Å². The molecule has 0 amide bonds. The Kier molecular flexibility index (Phi) is 5.62. The second-order valence-corrected chi connectivity index (χ2v) is 7.64. The number of morpholine rings is 1. The summed E-state index contributed by atoms with van der Waals surface area (Å²) in [4.78, 5) is 2.22. The zero-order valence-corrected chi connectivity index (χ0v) is 17.2. The van der Waals surface area contributed by atoms with Crippen LogP contribution in [-0.4, -0.2) is 41.6 Å². The van der Waals surface area contributed by atoms with Crippen molar-refractivity contribution in [1.82, 2.24) is 10.2 Å². The molecule has 0 aliphatic carbocycles. The van der Waals surface area contributed by atoms with E-state index in [-0.39, 0.29) is 0 Å². The molecule has 1 aliphatic rings. The quantitative estimate of drug-likeness (QED) is 0.624. The smallest absolute Gasteiger partial charge is 0.416 e. The summed E-state index contributed by atoms with van der Waals surface area (Å²) in [7, 11) is 0. The van der Waals surface area contributed by atoms with Gasteiger partial charge in [0.2, 0.25) is 0 Å². The minimum absolute atomic E-state index is 0.298. The van der Waals surface area contributed by atoms with Crippen LogP contribution in [0.1, 0.15) is 29.8 Å². The molecule has 4 rings (SSSR count). The number of aryl methyl sites for hydroxylation is 1. The number of halogens is 3. The Hall–Kier alpha value is -3.07. The highest BCUT2D eigenvalue weighted by Gasteiger charge is 2.31. The van der Waals surface area contributed by atoms with Crippen molar-refractivity contribution in [3.05, 3.63) is 53.2 Å². The van der Waals surface area contributed by atoms with E-state index in [1.807, 2.05) is 25.1 Å². The first-order valence-corrected chi connectivity index (χ1v) is 10.00. The molecule has 1 unspecified atom stereocenters. The largest absolute Gasteiger partial charge is 0.508 e. The maximum absolute atomic E-state index is 13.1. The van der Waals surface area contributed by atoms with Gasteiger partial charge in [-0.05, 0) is 49.7 Å². The minimum atomic E-state index is -4.55. The van der Waals surface area contributed by atoms with Gasteiger partial charge in [-0.1, -0.05) is 6.07 Å². The normalized spacial score (nSPS) is 15.8. The SMILES string of the molecule is Cc1nnc(NC(C)c2cc(O)cc(C(F)(F)F)c2)c2cc(N3CCOCC3)ccc12. The van der Waals surface area contributed by atoms with Crippen molar-refractivity contribution in [2.24, 2.45) is 0 Å². The maximum Gasteiger partial charge on any atom is 0.416 e. The predicted octanol–water partition coefficient (Wildman–Crippen LogP) is 4.67. The van der Waals surface area contributed by atoms with E-state index >= 15 is 0 Å². The Balaban J connectivity index is 1.69. The van der Waals surface area contributed by atoms with Gasteiger partial charge in [-0.15, -0.1) is 5.10 Å². The second kappa shape index (κ2) is 8.22. The van der Waals surface area contributed by atoms with E-state index < -0.39 is 23.5 Å². The first-order valence-electron chi connectivity index (χ1n) is 10.00. The molecule has 0 saturated carbocycles. The van der Waals surface area contributed by atoms with Gasteiger partial charge in [0.05, 0.1) is 30.5 Å². The third-order valence-corrected chi connectivity index (χ3v) is 5.44. The Labute approximate surface area is 177 Å². The lowest BCUT2D eigenvalue weighted by Crippen LogP contribution is -2.36. The maximum atomic E-state index is 13.1. The number of fused-ring (bicyclic) bond motifs is 1. The van der Waals surface area contributed by atoms with Crippen LogP contribution in [0.4, 0.5) is 24.7 Å². The van der Waals surface area contributed by atoms with Crippen molar-refractivity contribution >= 4 is 22.3 Å². The highest BCUT2D eigenvalue weighted by molar-refractivity contribution is 5.95. The Morgan fingerprint density at radius 1 is 1.06 bits per heavy atom. The van der Waals surface area contributed by atoms with Crippen molar-refractivity contribution < 1.29 is 23.0 Å². The molecule has 2 aromatic carbocycles. The van der Waals surface area contributed by atoms with E-state index in [0.717, 1.165) is 41.3 Å². The fraction of sp³-hybridized carbons (Fsp3) is 0.364. The molecule has 0 spiro atoms. The molecule has 9 heteroatoms. The molecule has 1 aromatic heterocycles. The van der Waals surface area contributed by atoms with Gasteiger partial charge in [-0.25, -0.2) is 0 Å². The van der Waals surface area contributed by atoms with E-state index in [1.54, 1.807) is 6.92 Å². The molecule has 1 aliphatic heterocycles. The van der Waals surface area contributed by atoms with E-state index in [4.69, 9.17) is 4.74 Å². The molecule has 1 fully saturated rings. The van der Waals surface area contributed by atoms with E-state index in [1.165, 1.54) is 6.07 Å². The van der Waals surface area contributed by atoms with Crippen LogP contribution in [0.3, 0.4) is 0 Å². The van der Waals surface area contributed by atoms with Crippen molar-refractivity contribution in [1.29, 1.82) is 0 Å².